The van der Waals surface area contributed by atoms with Gasteiger partial charge in [0.25, 0.3) is 0 Å². The molecule has 6 nitrogen and oxygen atoms in total. The van der Waals surface area contributed by atoms with E-state index in [9.17, 15) is 0 Å². The van der Waals surface area contributed by atoms with E-state index in [0.29, 0.717) is 12.0 Å². The SMILES string of the molecule is COc1ccc(-c2cn3cc(C4CCN(C5CCN(C(C)C)CC5)CC4)cc(C)c3n2)cc1OC. The molecule has 0 unspecified atom stereocenters. The van der Waals surface area contributed by atoms with Crippen LogP contribution < -0.4 is 9.47 Å². The fraction of sp³-hybridized carbons (Fsp3) is 0.552. The maximum Gasteiger partial charge on any atom is 0.161 e. The van der Waals surface area contributed by atoms with Gasteiger partial charge in [0.15, 0.2) is 11.5 Å². The monoisotopic (exact) mass is 476 g/mol. The number of imidazole rings is 1. The van der Waals surface area contributed by atoms with Gasteiger partial charge in [0.1, 0.15) is 5.65 Å². The van der Waals surface area contributed by atoms with Gasteiger partial charge in [0.05, 0.1) is 19.9 Å². The molecule has 0 N–H and O–H groups in total. The largest absolute Gasteiger partial charge is 0.493 e. The first-order valence-corrected chi connectivity index (χ1v) is 13.2. The summed E-state index contributed by atoms with van der Waals surface area (Å²) < 4.78 is 13.1. The standard InChI is InChI=1S/C29H40N4O2/c1-20(2)31-14-10-25(11-15-31)32-12-8-22(9-13-32)24-16-21(3)29-30-26(19-33(29)18-24)23-6-7-27(34-4)28(17-23)35-5/h6-7,16-20,22,25H,8-15H2,1-5H3. The number of rotatable bonds is 6. The van der Waals surface area contributed by atoms with Crippen molar-refractivity contribution in [2.75, 3.05) is 40.4 Å². The summed E-state index contributed by atoms with van der Waals surface area (Å²) in [5.41, 5.74) is 5.68. The molecule has 2 aromatic heterocycles. The Hall–Kier alpha value is -2.57. The van der Waals surface area contributed by atoms with E-state index in [4.69, 9.17) is 14.5 Å². The van der Waals surface area contributed by atoms with Gasteiger partial charge in [-0.25, -0.2) is 4.98 Å². The minimum absolute atomic E-state index is 0.622. The van der Waals surface area contributed by atoms with E-state index in [2.05, 4.69) is 53.4 Å². The molecular formula is C29H40N4O2. The van der Waals surface area contributed by atoms with Gasteiger partial charge in [-0.15, -0.1) is 0 Å². The number of piperidine rings is 2. The molecule has 1 aromatic carbocycles. The van der Waals surface area contributed by atoms with Gasteiger partial charge < -0.3 is 23.7 Å². The number of aromatic nitrogens is 2. The number of methoxy groups -OCH3 is 2. The first kappa shape index (κ1) is 24.1. The molecule has 6 heteroatoms. The van der Waals surface area contributed by atoms with Gasteiger partial charge in [-0.1, -0.05) is 6.07 Å². The molecule has 3 aromatic rings. The first-order valence-electron chi connectivity index (χ1n) is 13.2. The van der Waals surface area contributed by atoms with Crippen molar-refractivity contribution in [3.05, 3.63) is 47.8 Å². The minimum atomic E-state index is 0.622. The Bertz CT molecular complexity index is 1150. The Morgan fingerprint density at radius 2 is 1.60 bits per heavy atom. The zero-order chi connectivity index (χ0) is 24.5. The molecule has 0 bridgehead atoms. The number of hydrogen-bond donors (Lipinski definition) is 0. The summed E-state index contributed by atoms with van der Waals surface area (Å²) in [6.45, 7) is 11.8. The van der Waals surface area contributed by atoms with Crippen LogP contribution in [0.25, 0.3) is 16.9 Å². The summed E-state index contributed by atoms with van der Waals surface area (Å²) in [4.78, 5) is 10.3. The predicted octanol–water partition coefficient (Wildman–Crippen LogP) is 5.38. The highest BCUT2D eigenvalue weighted by Gasteiger charge is 2.29. The van der Waals surface area contributed by atoms with E-state index < -0.39 is 0 Å². The molecule has 188 valence electrons. The van der Waals surface area contributed by atoms with Crippen LogP contribution in [-0.4, -0.2) is 71.7 Å². The number of fused-ring (bicyclic) bond motifs is 1. The van der Waals surface area contributed by atoms with Gasteiger partial charge >= 0.3 is 0 Å². The molecule has 4 heterocycles. The molecule has 0 atom stereocenters. The van der Waals surface area contributed by atoms with Crippen LogP contribution >= 0.6 is 0 Å². The van der Waals surface area contributed by atoms with Crippen LogP contribution in [0, 0.1) is 6.92 Å². The number of pyridine rings is 1. The predicted molar refractivity (Wildman–Crippen MR) is 142 cm³/mol. The molecular weight excluding hydrogens is 436 g/mol. The highest BCUT2D eigenvalue weighted by atomic mass is 16.5. The van der Waals surface area contributed by atoms with E-state index in [-0.39, 0.29) is 0 Å². The summed E-state index contributed by atoms with van der Waals surface area (Å²) in [6.07, 6.45) is 9.58. The summed E-state index contributed by atoms with van der Waals surface area (Å²) in [6, 6.07) is 9.79. The summed E-state index contributed by atoms with van der Waals surface area (Å²) in [5, 5.41) is 0. The second-order valence-corrected chi connectivity index (χ2v) is 10.6. The lowest BCUT2D eigenvalue weighted by molar-refractivity contribution is 0.0753. The lowest BCUT2D eigenvalue weighted by Crippen LogP contribution is -2.48. The molecule has 0 amide bonds. The van der Waals surface area contributed by atoms with Crippen LogP contribution in [0.5, 0.6) is 11.5 Å². The van der Waals surface area contributed by atoms with Crippen LogP contribution in [0.2, 0.25) is 0 Å². The van der Waals surface area contributed by atoms with Crippen molar-refractivity contribution < 1.29 is 9.47 Å². The third-order valence-corrected chi connectivity index (χ3v) is 8.18. The normalized spacial score (nSPS) is 19.0. The van der Waals surface area contributed by atoms with Crippen molar-refractivity contribution in [2.24, 2.45) is 0 Å². The minimum Gasteiger partial charge on any atom is -0.493 e. The maximum atomic E-state index is 5.50. The van der Waals surface area contributed by atoms with Crippen molar-refractivity contribution >= 4 is 5.65 Å². The molecule has 0 radical (unpaired) electrons. The molecule has 2 aliphatic heterocycles. The Morgan fingerprint density at radius 3 is 2.26 bits per heavy atom. The topological polar surface area (TPSA) is 42.2 Å². The summed E-state index contributed by atoms with van der Waals surface area (Å²) in [5.74, 6) is 2.08. The van der Waals surface area contributed by atoms with Gasteiger partial charge in [-0.2, -0.15) is 0 Å². The van der Waals surface area contributed by atoms with Crippen LogP contribution in [0.3, 0.4) is 0 Å². The van der Waals surface area contributed by atoms with E-state index in [1.807, 2.05) is 18.2 Å². The van der Waals surface area contributed by atoms with Crippen LogP contribution in [0.4, 0.5) is 0 Å². The number of ether oxygens (including phenoxy) is 2. The fourth-order valence-electron chi connectivity index (χ4n) is 6.02. The van der Waals surface area contributed by atoms with Crippen molar-refractivity contribution in [3.8, 4) is 22.8 Å². The Balaban J connectivity index is 1.29. The first-order chi connectivity index (χ1) is 17.0. The van der Waals surface area contributed by atoms with E-state index >= 15 is 0 Å². The second-order valence-electron chi connectivity index (χ2n) is 10.6. The molecule has 2 aliphatic rings. The maximum absolute atomic E-state index is 5.50. The molecule has 2 saturated heterocycles. The lowest BCUT2D eigenvalue weighted by Gasteiger charge is -2.42. The molecule has 35 heavy (non-hydrogen) atoms. The van der Waals surface area contributed by atoms with Crippen LogP contribution in [-0.2, 0) is 0 Å². The van der Waals surface area contributed by atoms with Crippen LogP contribution in [0.15, 0.2) is 36.7 Å². The van der Waals surface area contributed by atoms with Gasteiger partial charge in [-0.05, 0) is 108 Å². The molecule has 0 saturated carbocycles. The third kappa shape index (κ3) is 4.91. The summed E-state index contributed by atoms with van der Waals surface area (Å²) >= 11 is 0. The number of benzene rings is 1. The molecule has 2 fully saturated rings. The number of hydrogen-bond acceptors (Lipinski definition) is 5. The quantitative estimate of drug-likeness (QED) is 0.478. The highest BCUT2D eigenvalue weighted by molar-refractivity contribution is 5.67. The van der Waals surface area contributed by atoms with Crippen molar-refractivity contribution in [3.63, 3.8) is 0 Å². The lowest BCUT2D eigenvalue weighted by atomic mass is 9.88. The molecule has 5 rings (SSSR count). The van der Waals surface area contributed by atoms with Crippen molar-refractivity contribution in [1.29, 1.82) is 0 Å². The van der Waals surface area contributed by atoms with E-state index in [1.165, 1.54) is 63.0 Å². The van der Waals surface area contributed by atoms with Crippen molar-refractivity contribution in [1.82, 2.24) is 19.2 Å². The van der Waals surface area contributed by atoms with E-state index in [1.54, 1.807) is 14.2 Å². The smallest absolute Gasteiger partial charge is 0.161 e. The number of aryl methyl sites for hydroxylation is 1. The van der Waals surface area contributed by atoms with Gasteiger partial charge in [-0.3, -0.25) is 0 Å². The fourth-order valence-corrected chi connectivity index (χ4v) is 6.02. The van der Waals surface area contributed by atoms with Gasteiger partial charge in [0.2, 0.25) is 0 Å². The highest BCUT2D eigenvalue weighted by Crippen LogP contribution is 2.34. The summed E-state index contributed by atoms with van der Waals surface area (Å²) in [7, 11) is 3.33. The second kappa shape index (κ2) is 10.2. The Morgan fingerprint density at radius 1 is 0.886 bits per heavy atom. The third-order valence-electron chi connectivity index (χ3n) is 8.18. The Kier molecular flexibility index (Phi) is 7.03. The average molecular weight is 477 g/mol. The average Bonchev–Trinajstić information content (AvgIpc) is 3.33. The molecule has 0 aliphatic carbocycles. The van der Waals surface area contributed by atoms with E-state index in [0.717, 1.165) is 34.4 Å². The number of likely N-dealkylation sites (tertiary alicyclic amines) is 2. The van der Waals surface area contributed by atoms with Gasteiger partial charge in [0, 0.05) is 30.0 Å². The van der Waals surface area contributed by atoms with Crippen molar-refractivity contribution in [2.45, 2.75) is 64.5 Å². The zero-order valence-electron chi connectivity index (χ0n) is 22.0. The zero-order valence-corrected chi connectivity index (χ0v) is 22.0. The number of nitrogens with zero attached hydrogens (tertiary/aromatic N) is 4. The Labute approximate surface area is 209 Å². The van der Waals surface area contributed by atoms with Crippen LogP contribution in [0.1, 0.15) is 56.6 Å². The molecule has 0 spiro atoms.